The number of thiazole rings is 1. The molecule has 0 aliphatic carbocycles. The molecule has 0 atom stereocenters. The number of hydrogen-bond donors (Lipinski definition) is 1. The Balaban J connectivity index is 1.99. The van der Waals surface area contributed by atoms with Gasteiger partial charge in [0.25, 0.3) is 0 Å². The van der Waals surface area contributed by atoms with E-state index in [0.717, 1.165) is 33.1 Å². The maximum atomic E-state index is 5.85. The maximum absolute atomic E-state index is 5.85. The summed E-state index contributed by atoms with van der Waals surface area (Å²) in [6.45, 7) is 4.06. The molecule has 0 aliphatic heterocycles. The number of azo groups is 1. The van der Waals surface area contributed by atoms with E-state index in [1.54, 1.807) is 0 Å². The van der Waals surface area contributed by atoms with Crippen molar-refractivity contribution in [2.75, 3.05) is 5.73 Å². The van der Waals surface area contributed by atoms with Crippen LogP contribution in [-0.4, -0.2) is 4.98 Å². The fraction of sp³-hybridized carbons (Fsp3) is 0.118. The van der Waals surface area contributed by atoms with Crippen LogP contribution in [0.4, 0.5) is 15.8 Å². The van der Waals surface area contributed by atoms with Gasteiger partial charge in [0, 0.05) is 5.56 Å². The average molecular weight is 308 g/mol. The highest BCUT2D eigenvalue weighted by Crippen LogP contribution is 2.37. The largest absolute Gasteiger partial charge is 0.375 e. The third-order valence-electron chi connectivity index (χ3n) is 3.29. The fourth-order valence-corrected chi connectivity index (χ4v) is 2.78. The van der Waals surface area contributed by atoms with Gasteiger partial charge in [-0.25, -0.2) is 4.98 Å². The summed E-state index contributed by atoms with van der Waals surface area (Å²) in [6.07, 6.45) is 0. The van der Waals surface area contributed by atoms with Gasteiger partial charge in [-0.1, -0.05) is 53.8 Å². The Labute approximate surface area is 133 Å². The number of nitrogen functional groups attached to an aromatic ring is 1. The number of nitrogens with two attached hydrogens (primary N) is 1. The van der Waals surface area contributed by atoms with E-state index in [4.69, 9.17) is 5.73 Å². The molecule has 1 heterocycles. The molecule has 5 heteroatoms. The summed E-state index contributed by atoms with van der Waals surface area (Å²) in [5.74, 6) is 0. The molecule has 2 N–H and O–H groups in total. The highest BCUT2D eigenvalue weighted by molar-refractivity contribution is 7.19. The summed E-state index contributed by atoms with van der Waals surface area (Å²) in [4.78, 5) is 4.38. The standard InChI is InChI=1S/C17H16N4S/c1-11-8-9-12(2)14(10-11)20-21-16-15(19-17(18)22-16)13-6-4-3-5-7-13/h3-10H,1-2H3,(H2,18,19). The van der Waals surface area contributed by atoms with Crippen LogP contribution in [0, 0.1) is 13.8 Å². The highest BCUT2D eigenvalue weighted by atomic mass is 32.1. The zero-order chi connectivity index (χ0) is 15.5. The monoisotopic (exact) mass is 308 g/mol. The van der Waals surface area contributed by atoms with Crippen LogP contribution >= 0.6 is 11.3 Å². The molecule has 0 saturated heterocycles. The Hall–Kier alpha value is -2.53. The summed E-state index contributed by atoms with van der Waals surface area (Å²) in [6, 6.07) is 16.0. The van der Waals surface area contributed by atoms with Crippen molar-refractivity contribution >= 4 is 27.2 Å². The van der Waals surface area contributed by atoms with Crippen molar-refractivity contribution in [1.29, 1.82) is 0 Å². The minimum absolute atomic E-state index is 0.494. The van der Waals surface area contributed by atoms with Gasteiger partial charge in [0.1, 0.15) is 5.69 Å². The average Bonchev–Trinajstić information content (AvgIpc) is 2.90. The lowest BCUT2D eigenvalue weighted by molar-refractivity contribution is 1.21. The summed E-state index contributed by atoms with van der Waals surface area (Å²) < 4.78 is 0. The van der Waals surface area contributed by atoms with Crippen LogP contribution in [0.1, 0.15) is 11.1 Å². The lowest BCUT2D eigenvalue weighted by atomic mass is 10.1. The number of aromatic nitrogens is 1. The van der Waals surface area contributed by atoms with Crippen molar-refractivity contribution in [1.82, 2.24) is 4.98 Å². The van der Waals surface area contributed by atoms with E-state index >= 15 is 0 Å². The van der Waals surface area contributed by atoms with Crippen molar-refractivity contribution in [3.05, 3.63) is 59.7 Å². The van der Waals surface area contributed by atoms with Crippen LogP contribution in [0.25, 0.3) is 11.3 Å². The number of anilines is 1. The predicted molar refractivity (Wildman–Crippen MR) is 92.1 cm³/mol. The first kappa shape index (κ1) is 14.4. The molecule has 0 unspecified atom stereocenters. The van der Waals surface area contributed by atoms with Crippen LogP contribution in [0.15, 0.2) is 58.8 Å². The first-order valence-electron chi connectivity index (χ1n) is 6.94. The molecule has 0 fully saturated rings. The predicted octanol–water partition coefficient (Wildman–Crippen LogP) is 5.42. The quantitative estimate of drug-likeness (QED) is 0.656. The first-order chi connectivity index (χ1) is 10.6. The third-order valence-corrected chi connectivity index (χ3v) is 4.06. The number of hydrogen-bond acceptors (Lipinski definition) is 5. The van der Waals surface area contributed by atoms with Gasteiger partial charge in [0.15, 0.2) is 10.1 Å². The second-order valence-electron chi connectivity index (χ2n) is 5.06. The second kappa shape index (κ2) is 6.07. The minimum atomic E-state index is 0.494. The summed E-state index contributed by atoms with van der Waals surface area (Å²) in [7, 11) is 0. The van der Waals surface area contributed by atoms with Crippen LogP contribution in [0.2, 0.25) is 0 Å². The topological polar surface area (TPSA) is 63.6 Å². The van der Waals surface area contributed by atoms with Gasteiger partial charge in [-0.3, -0.25) is 0 Å². The van der Waals surface area contributed by atoms with Crippen molar-refractivity contribution in [3.63, 3.8) is 0 Å². The molecule has 0 bridgehead atoms. The molecule has 22 heavy (non-hydrogen) atoms. The molecule has 110 valence electrons. The van der Waals surface area contributed by atoms with E-state index in [9.17, 15) is 0 Å². The molecule has 0 aliphatic rings. The Morgan fingerprint density at radius 3 is 2.55 bits per heavy atom. The van der Waals surface area contributed by atoms with E-state index in [-0.39, 0.29) is 0 Å². The van der Waals surface area contributed by atoms with Crippen molar-refractivity contribution < 1.29 is 0 Å². The SMILES string of the molecule is Cc1ccc(C)c(N=Nc2sc(N)nc2-c2ccccc2)c1. The molecule has 3 aromatic rings. The zero-order valence-corrected chi connectivity index (χ0v) is 13.3. The molecule has 0 spiro atoms. The van der Waals surface area contributed by atoms with Crippen molar-refractivity contribution in [3.8, 4) is 11.3 Å². The van der Waals surface area contributed by atoms with Crippen molar-refractivity contribution in [2.24, 2.45) is 10.2 Å². The number of benzene rings is 2. The molecule has 2 aromatic carbocycles. The van der Waals surface area contributed by atoms with Gasteiger partial charge in [-0.15, -0.1) is 10.2 Å². The lowest BCUT2D eigenvalue weighted by Crippen LogP contribution is -1.82. The maximum Gasteiger partial charge on any atom is 0.182 e. The van der Waals surface area contributed by atoms with Crippen LogP contribution in [-0.2, 0) is 0 Å². The molecule has 0 amide bonds. The minimum Gasteiger partial charge on any atom is -0.375 e. The Morgan fingerprint density at radius 1 is 1.00 bits per heavy atom. The highest BCUT2D eigenvalue weighted by Gasteiger charge is 2.11. The van der Waals surface area contributed by atoms with Crippen molar-refractivity contribution in [2.45, 2.75) is 13.8 Å². The van der Waals surface area contributed by atoms with Gasteiger partial charge in [-0.2, -0.15) is 0 Å². The summed E-state index contributed by atoms with van der Waals surface area (Å²) >= 11 is 1.34. The Kier molecular flexibility index (Phi) is 3.98. The number of nitrogens with zero attached hydrogens (tertiary/aromatic N) is 3. The Bertz CT molecular complexity index is 822. The van der Waals surface area contributed by atoms with Crippen LogP contribution < -0.4 is 5.73 Å². The summed E-state index contributed by atoms with van der Waals surface area (Å²) in [5, 5.41) is 9.97. The van der Waals surface area contributed by atoms with E-state index in [1.165, 1.54) is 11.3 Å². The van der Waals surface area contributed by atoms with Gasteiger partial charge in [-0.05, 0) is 31.0 Å². The van der Waals surface area contributed by atoms with Crippen LogP contribution in [0.5, 0.6) is 0 Å². The molecule has 1 aromatic heterocycles. The van der Waals surface area contributed by atoms with Gasteiger partial charge >= 0.3 is 0 Å². The smallest absolute Gasteiger partial charge is 0.182 e. The van der Waals surface area contributed by atoms with E-state index in [2.05, 4.69) is 21.3 Å². The molecular weight excluding hydrogens is 292 g/mol. The van der Waals surface area contributed by atoms with E-state index in [0.29, 0.717) is 5.13 Å². The third kappa shape index (κ3) is 3.04. The Morgan fingerprint density at radius 2 is 1.77 bits per heavy atom. The molecule has 0 saturated carbocycles. The lowest BCUT2D eigenvalue weighted by Gasteiger charge is -2.00. The molecule has 4 nitrogen and oxygen atoms in total. The van der Waals surface area contributed by atoms with E-state index < -0.39 is 0 Å². The zero-order valence-electron chi connectivity index (χ0n) is 12.4. The van der Waals surface area contributed by atoms with Gasteiger partial charge in [0.2, 0.25) is 0 Å². The van der Waals surface area contributed by atoms with Gasteiger partial charge in [0.05, 0.1) is 5.69 Å². The van der Waals surface area contributed by atoms with Crippen LogP contribution in [0.3, 0.4) is 0 Å². The molecule has 0 radical (unpaired) electrons. The number of rotatable bonds is 3. The molecule has 3 rings (SSSR count). The number of aryl methyl sites for hydroxylation is 2. The normalized spacial score (nSPS) is 11.2. The first-order valence-corrected chi connectivity index (χ1v) is 7.76. The fourth-order valence-electron chi connectivity index (χ4n) is 2.11. The second-order valence-corrected chi connectivity index (χ2v) is 6.07. The summed E-state index contributed by atoms with van der Waals surface area (Å²) in [5.41, 5.74) is 10.7. The van der Waals surface area contributed by atoms with Gasteiger partial charge < -0.3 is 5.73 Å². The molecular formula is C17H16N4S. The van der Waals surface area contributed by atoms with E-state index in [1.807, 2.05) is 56.3 Å².